The summed E-state index contributed by atoms with van der Waals surface area (Å²) in [5.41, 5.74) is 0.812. The maximum Gasteiger partial charge on any atom is 0.226 e. The van der Waals surface area contributed by atoms with Crippen LogP contribution in [-0.2, 0) is 12.8 Å². The van der Waals surface area contributed by atoms with Crippen LogP contribution in [0.25, 0.3) is 11.4 Å². The summed E-state index contributed by atoms with van der Waals surface area (Å²) in [5, 5.41) is 16.7. The Balaban J connectivity index is 1.77. The molecule has 2 heterocycles. The van der Waals surface area contributed by atoms with E-state index >= 15 is 0 Å². The number of aryl methyl sites for hydroxylation is 1. The molecule has 8 heteroatoms. The quantitative estimate of drug-likeness (QED) is 0.690. The fourth-order valence-electron chi connectivity index (χ4n) is 1.81. The molecule has 0 spiro atoms. The van der Waals surface area contributed by atoms with Crippen LogP contribution in [0.5, 0.6) is 0 Å². The van der Waals surface area contributed by atoms with Crippen molar-refractivity contribution in [2.75, 3.05) is 0 Å². The van der Waals surface area contributed by atoms with Gasteiger partial charge in [0.1, 0.15) is 5.82 Å². The van der Waals surface area contributed by atoms with E-state index in [4.69, 9.17) is 4.42 Å². The van der Waals surface area contributed by atoms with Crippen molar-refractivity contribution in [2.24, 2.45) is 7.05 Å². The van der Waals surface area contributed by atoms with Crippen LogP contribution in [0.2, 0.25) is 0 Å². The molecular formula is C13H12FN5OS. The van der Waals surface area contributed by atoms with Crippen molar-refractivity contribution in [1.82, 2.24) is 25.0 Å². The highest BCUT2D eigenvalue weighted by atomic mass is 32.2. The summed E-state index contributed by atoms with van der Waals surface area (Å²) in [6.45, 7) is 1.75. The highest BCUT2D eigenvalue weighted by Gasteiger charge is 2.12. The molecule has 0 atom stereocenters. The molecule has 0 bridgehead atoms. The zero-order valence-corrected chi connectivity index (χ0v) is 12.3. The lowest BCUT2D eigenvalue weighted by atomic mass is 10.2. The van der Waals surface area contributed by atoms with Gasteiger partial charge in [-0.25, -0.2) is 4.39 Å². The van der Waals surface area contributed by atoms with Crippen LogP contribution < -0.4 is 0 Å². The smallest absolute Gasteiger partial charge is 0.226 e. The molecular weight excluding hydrogens is 293 g/mol. The van der Waals surface area contributed by atoms with Gasteiger partial charge in [-0.15, -0.1) is 20.4 Å². The average molecular weight is 305 g/mol. The highest BCUT2D eigenvalue weighted by Crippen LogP contribution is 2.24. The summed E-state index contributed by atoms with van der Waals surface area (Å²) in [7, 11) is 1.86. The molecule has 0 aliphatic carbocycles. The number of aromatic nitrogens is 5. The zero-order valence-electron chi connectivity index (χ0n) is 11.4. The number of hydrogen-bond acceptors (Lipinski definition) is 6. The monoisotopic (exact) mass is 305 g/mol. The average Bonchev–Trinajstić information content (AvgIpc) is 3.04. The lowest BCUT2D eigenvalue weighted by molar-refractivity contribution is 0.485. The van der Waals surface area contributed by atoms with E-state index in [0.717, 1.165) is 10.7 Å². The summed E-state index contributed by atoms with van der Waals surface area (Å²) in [6, 6.07) is 6.15. The maximum atomic E-state index is 12.9. The molecule has 0 unspecified atom stereocenters. The second-order valence-corrected chi connectivity index (χ2v) is 5.32. The van der Waals surface area contributed by atoms with Crippen molar-refractivity contribution in [2.45, 2.75) is 17.8 Å². The van der Waals surface area contributed by atoms with E-state index in [1.165, 1.54) is 23.9 Å². The van der Waals surface area contributed by atoms with Gasteiger partial charge < -0.3 is 8.98 Å². The van der Waals surface area contributed by atoms with Gasteiger partial charge in [-0.05, 0) is 24.3 Å². The molecule has 3 rings (SSSR count). The van der Waals surface area contributed by atoms with Crippen LogP contribution in [0.15, 0.2) is 33.8 Å². The van der Waals surface area contributed by atoms with Crippen LogP contribution in [0.1, 0.15) is 11.8 Å². The fourth-order valence-corrected chi connectivity index (χ4v) is 2.56. The first-order chi connectivity index (χ1) is 10.1. The second-order valence-electron chi connectivity index (χ2n) is 4.38. The van der Waals surface area contributed by atoms with Crippen LogP contribution in [0, 0.1) is 12.7 Å². The van der Waals surface area contributed by atoms with E-state index in [0.29, 0.717) is 23.4 Å². The van der Waals surface area contributed by atoms with Gasteiger partial charge in [0, 0.05) is 19.5 Å². The van der Waals surface area contributed by atoms with Gasteiger partial charge in [0.15, 0.2) is 11.0 Å². The Kier molecular flexibility index (Phi) is 3.70. The van der Waals surface area contributed by atoms with E-state index in [9.17, 15) is 4.39 Å². The third-order valence-corrected chi connectivity index (χ3v) is 3.83. The molecule has 0 fully saturated rings. The van der Waals surface area contributed by atoms with Crippen molar-refractivity contribution in [3.8, 4) is 11.4 Å². The van der Waals surface area contributed by atoms with Crippen LogP contribution >= 0.6 is 11.8 Å². The minimum atomic E-state index is -0.276. The minimum absolute atomic E-state index is 0.276. The number of thioether (sulfide) groups is 1. The lowest BCUT2D eigenvalue weighted by Crippen LogP contribution is -1.95. The number of benzene rings is 1. The van der Waals surface area contributed by atoms with Gasteiger partial charge in [-0.1, -0.05) is 11.8 Å². The predicted octanol–water partition coefficient (Wildman–Crippen LogP) is 2.60. The second kappa shape index (κ2) is 5.65. The van der Waals surface area contributed by atoms with E-state index in [1.807, 2.05) is 11.6 Å². The van der Waals surface area contributed by atoms with Gasteiger partial charge in [0.25, 0.3) is 0 Å². The van der Waals surface area contributed by atoms with E-state index in [2.05, 4.69) is 20.4 Å². The van der Waals surface area contributed by atoms with Gasteiger partial charge in [-0.2, -0.15) is 0 Å². The van der Waals surface area contributed by atoms with Gasteiger partial charge in [0.2, 0.25) is 11.8 Å². The maximum absolute atomic E-state index is 12.9. The summed E-state index contributed by atoms with van der Waals surface area (Å²) in [5.74, 6) is 2.01. The molecule has 2 aromatic heterocycles. The summed E-state index contributed by atoms with van der Waals surface area (Å²) < 4.78 is 20.1. The molecule has 6 nitrogen and oxygen atoms in total. The molecule has 1 aromatic carbocycles. The SMILES string of the molecule is Cc1nnc(CSc2nnc(-c3ccc(F)cc3)n2C)o1. The number of rotatable bonds is 4. The number of halogens is 1. The molecule has 21 heavy (non-hydrogen) atoms. The Morgan fingerprint density at radius 2 is 1.90 bits per heavy atom. The minimum Gasteiger partial charge on any atom is -0.425 e. The van der Waals surface area contributed by atoms with Crippen molar-refractivity contribution in [1.29, 1.82) is 0 Å². The molecule has 108 valence electrons. The molecule has 0 aliphatic heterocycles. The van der Waals surface area contributed by atoms with Crippen LogP contribution in [-0.4, -0.2) is 25.0 Å². The van der Waals surface area contributed by atoms with Crippen LogP contribution in [0.4, 0.5) is 4.39 Å². The fraction of sp³-hybridized carbons (Fsp3) is 0.231. The summed E-state index contributed by atoms with van der Waals surface area (Å²) in [6.07, 6.45) is 0. The molecule has 0 amide bonds. The Hall–Kier alpha value is -2.22. The molecule has 0 radical (unpaired) electrons. The Labute approximate surface area is 124 Å². The lowest BCUT2D eigenvalue weighted by Gasteiger charge is -2.02. The van der Waals surface area contributed by atoms with Crippen molar-refractivity contribution < 1.29 is 8.81 Å². The third-order valence-electron chi connectivity index (χ3n) is 2.83. The zero-order chi connectivity index (χ0) is 14.8. The summed E-state index contributed by atoms with van der Waals surface area (Å²) >= 11 is 1.45. The van der Waals surface area contributed by atoms with Gasteiger partial charge in [0.05, 0.1) is 5.75 Å². The molecule has 0 saturated heterocycles. The van der Waals surface area contributed by atoms with E-state index < -0.39 is 0 Å². The third kappa shape index (κ3) is 2.94. The molecule has 0 saturated carbocycles. The van der Waals surface area contributed by atoms with E-state index in [-0.39, 0.29) is 5.82 Å². The number of nitrogens with zero attached hydrogens (tertiary/aromatic N) is 5. The Bertz CT molecular complexity index is 752. The Morgan fingerprint density at radius 1 is 1.14 bits per heavy atom. The standard InChI is InChI=1S/C13H12FN5OS/c1-8-15-16-11(20-8)7-21-13-18-17-12(19(13)2)9-3-5-10(14)6-4-9/h3-6H,7H2,1-2H3. The van der Waals surface area contributed by atoms with E-state index in [1.54, 1.807) is 19.1 Å². The molecule has 0 aliphatic rings. The number of hydrogen-bond donors (Lipinski definition) is 0. The van der Waals surface area contributed by atoms with Gasteiger partial charge in [-0.3, -0.25) is 0 Å². The summed E-state index contributed by atoms with van der Waals surface area (Å²) in [4.78, 5) is 0. The molecule has 0 N–H and O–H groups in total. The van der Waals surface area contributed by atoms with Crippen molar-refractivity contribution in [3.05, 3.63) is 41.9 Å². The van der Waals surface area contributed by atoms with Gasteiger partial charge >= 0.3 is 0 Å². The first-order valence-electron chi connectivity index (χ1n) is 6.20. The normalized spacial score (nSPS) is 11.0. The highest BCUT2D eigenvalue weighted by molar-refractivity contribution is 7.98. The van der Waals surface area contributed by atoms with Crippen LogP contribution in [0.3, 0.4) is 0 Å². The topological polar surface area (TPSA) is 69.6 Å². The largest absolute Gasteiger partial charge is 0.425 e. The predicted molar refractivity (Wildman–Crippen MR) is 75.0 cm³/mol. The molecule has 3 aromatic rings. The first-order valence-corrected chi connectivity index (χ1v) is 7.19. The van der Waals surface area contributed by atoms with Crippen molar-refractivity contribution in [3.63, 3.8) is 0 Å². The Morgan fingerprint density at radius 3 is 2.57 bits per heavy atom. The van der Waals surface area contributed by atoms with Crippen molar-refractivity contribution >= 4 is 11.8 Å². The first kappa shape index (κ1) is 13.7.